The number of hydrogen-bond acceptors (Lipinski definition) is 5. The average molecular weight is 508 g/mol. The molecule has 0 amide bonds. The zero-order valence-electron chi connectivity index (χ0n) is 19.2. The van der Waals surface area contributed by atoms with Gasteiger partial charge in [-0.15, -0.1) is 0 Å². The van der Waals surface area contributed by atoms with Crippen molar-refractivity contribution >= 4 is 32.3 Å². The average Bonchev–Trinajstić information content (AvgIpc) is 3.25. The zero-order valence-corrected chi connectivity index (χ0v) is 20.0. The molecule has 3 aromatic rings. The number of alkyl halides is 3. The Morgan fingerprint density at radius 2 is 1.83 bits per heavy atom. The molecule has 4 rings (SSSR count). The number of sulfone groups is 1. The summed E-state index contributed by atoms with van der Waals surface area (Å²) in [5, 5.41) is 13.7. The summed E-state index contributed by atoms with van der Waals surface area (Å²) in [7, 11) is -4.07. The number of allylic oxidation sites excluding steroid dienone is 2. The van der Waals surface area contributed by atoms with E-state index in [-0.39, 0.29) is 29.1 Å². The summed E-state index contributed by atoms with van der Waals surface area (Å²) in [6.07, 6.45) is -2.94. The molecule has 6 nitrogen and oxygen atoms in total. The molecule has 0 atom stereocenters. The number of fused-ring (bicyclic) bond motifs is 2. The van der Waals surface area contributed by atoms with Crippen LogP contribution in [0.25, 0.3) is 16.5 Å². The molecule has 0 radical (unpaired) electrons. The van der Waals surface area contributed by atoms with Crippen molar-refractivity contribution < 1.29 is 36.0 Å². The molecule has 186 valence electrons. The molecular formula is C25H24F3NO5S. The Balaban J connectivity index is 1.66. The van der Waals surface area contributed by atoms with Gasteiger partial charge in [-0.3, -0.25) is 4.79 Å². The molecule has 2 aromatic carbocycles. The highest BCUT2D eigenvalue weighted by molar-refractivity contribution is 7.96. The highest BCUT2D eigenvalue weighted by atomic mass is 32.2. The van der Waals surface area contributed by atoms with Gasteiger partial charge in [0, 0.05) is 11.8 Å². The van der Waals surface area contributed by atoms with Crippen LogP contribution in [0.15, 0.2) is 44.7 Å². The number of halogens is 3. The van der Waals surface area contributed by atoms with Crippen LogP contribution in [0.2, 0.25) is 0 Å². The fourth-order valence-corrected chi connectivity index (χ4v) is 6.47. The number of aliphatic carboxylic acids is 1. The molecule has 0 aliphatic carbocycles. The quantitative estimate of drug-likeness (QED) is 0.396. The number of carbonyl (C=O) groups is 1. The summed E-state index contributed by atoms with van der Waals surface area (Å²) in [6, 6.07) is 6.48. The minimum absolute atomic E-state index is 0.0177. The first-order valence-electron chi connectivity index (χ1n) is 11.2. The molecule has 0 saturated carbocycles. The van der Waals surface area contributed by atoms with E-state index in [4.69, 9.17) is 9.63 Å². The van der Waals surface area contributed by atoms with Crippen molar-refractivity contribution in [2.75, 3.05) is 0 Å². The second-order valence-corrected chi connectivity index (χ2v) is 10.6. The molecule has 0 spiro atoms. The van der Waals surface area contributed by atoms with E-state index in [9.17, 15) is 26.4 Å². The Hall–Kier alpha value is -3.14. The van der Waals surface area contributed by atoms with Crippen molar-refractivity contribution in [3.8, 4) is 0 Å². The van der Waals surface area contributed by atoms with E-state index in [1.54, 1.807) is 6.07 Å². The van der Waals surface area contributed by atoms with Gasteiger partial charge in [0.1, 0.15) is 0 Å². The van der Waals surface area contributed by atoms with Gasteiger partial charge in [0.25, 0.3) is 0 Å². The van der Waals surface area contributed by atoms with Crippen LogP contribution in [0.5, 0.6) is 0 Å². The molecule has 1 aliphatic rings. The number of carboxylic acid groups (broad SMARTS) is 1. The normalized spacial score (nSPS) is 15.1. The summed E-state index contributed by atoms with van der Waals surface area (Å²) in [5.41, 5.74) is 2.60. The topological polar surface area (TPSA) is 97.5 Å². The van der Waals surface area contributed by atoms with Crippen LogP contribution in [0.1, 0.15) is 60.6 Å². The van der Waals surface area contributed by atoms with Crippen molar-refractivity contribution in [3.63, 3.8) is 0 Å². The largest absolute Gasteiger partial charge is 0.481 e. The number of aromatic nitrogens is 1. The van der Waals surface area contributed by atoms with E-state index in [2.05, 4.69) is 5.16 Å². The first-order valence-corrected chi connectivity index (χ1v) is 12.7. The fourth-order valence-electron chi connectivity index (χ4n) is 4.53. The number of carboxylic acids is 1. The zero-order chi connectivity index (χ0) is 25.5. The Bertz CT molecular complexity index is 1450. The van der Waals surface area contributed by atoms with E-state index < -0.39 is 27.5 Å². The van der Waals surface area contributed by atoms with Gasteiger partial charge in [-0.05, 0) is 79.1 Å². The Kier molecular flexibility index (Phi) is 6.52. The first-order chi connectivity index (χ1) is 16.4. The van der Waals surface area contributed by atoms with Crippen LogP contribution in [-0.4, -0.2) is 24.7 Å². The smallest absolute Gasteiger partial charge is 0.416 e. The van der Waals surface area contributed by atoms with Crippen LogP contribution in [0, 0.1) is 6.92 Å². The minimum atomic E-state index is -4.64. The van der Waals surface area contributed by atoms with Gasteiger partial charge in [0.05, 0.1) is 21.1 Å². The Morgan fingerprint density at radius 3 is 2.49 bits per heavy atom. The van der Waals surface area contributed by atoms with Gasteiger partial charge >= 0.3 is 12.1 Å². The van der Waals surface area contributed by atoms with Crippen LogP contribution in [0.3, 0.4) is 0 Å². The predicted molar refractivity (Wildman–Crippen MR) is 123 cm³/mol. The van der Waals surface area contributed by atoms with Crippen molar-refractivity contribution in [2.24, 2.45) is 0 Å². The Morgan fingerprint density at radius 1 is 1.09 bits per heavy atom. The van der Waals surface area contributed by atoms with Gasteiger partial charge in [-0.25, -0.2) is 8.42 Å². The van der Waals surface area contributed by atoms with Crippen molar-refractivity contribution in [2.45, 2.75) is 63.4 Å². The molecule has 0 unspecified atom stereocenters. The van der Waals surface area contributed by atoms with E-state index in [1.165, 1.54) is 6.07 Å². The lowest BCUT2D eigenvalue weighted by atomic mass is 9.97. The van der Waals surface area contributed by atoms with Crippen molar-refractivity contribution in [1.82, 2.24) is 5.16 Å². The maximum absolute atomic E-state index is 13.3. The summed E-state index contributed by atoms with van der Waals surface area (Å²) < 4.78 is 71.7. The maximum atomic E-state index is 13.3. The lowest BCUT2D eigenvalue weighted by molar-refractivity contribution is -0.138. The second kappa shape index (κ2) is 9.14. The lowest BCUT2D eigenvalue weighted by Gasteiger charge is -2.09. The molecule has 35 heavy (non-hydrogen) atoms. The lowest BCUT2D eigenvalue weighted by Crippen LogP contribution is -2.08. The fraction of sp³-hybridized carbons (Fsp3) is 0.360. The molecule has 10 heteroatoms. The summed E-state index contributed by atoms with van der Waals surface area (Å²) >= 11 is 0. The molecule has 0 saturated heterocycles. The van der Waals surface area contributed by atoms with E-state index in [0.29, 0.717) is 47.1 Å². The molecule has 1 aromatic heterocycles. The third kappa shape index (κ3) is 4.71. The highest BCUT2D eigenvalue weighted by Gasteiger charge is 2.38. The van der Waals surface area contributed by atoms with Gasteiger partial charge in [0.15, 0.2) is 5.58 Å². The molecule has 0 fully saturated rings. The highest BCUT2D eigenvalue weighted by Crippen LogP contribution is 2.45. The monoisotopic (exact) mass is 507 g/mol. The van der Waals surface area contributed by atoms with Gasteiger partial charge < -0.3 is 9.63 Å². The molecule has 2 heterocycles. The molecule has 1 N–H and O–H groups in total. The van der Waals surface area contributed by atoms with E-state index in [1.807, 2.05) is 19.9 Å². The maximum Gasteiger partial charge on any atom is 0.416 e. The van der Waals surface area contributed by atoms with Crippen LogP contribution in [0.4, 0.5) is 13.2 Å². The molecular weight excluding hydrogens is 483 g/mol. The third-order valence-corrected chi connectivity index (χ3v) is 8.30. The van der Waals surface area contributed by atoms with Crippen LogP contribution < -0.4 is 0 Å². The summed E-state index contributed by atoms with van der Waals surface area (Å²) in [4.78, 5) is 10.7. The number of hydrogen-bond donors (Lipinski definition) is 1. The first kappa shape index (κ1) is 25.0. The summed E-state index contributed by atoms with van der Waals surface area (Å²) in [6.45, 7) is 3.74. The summed E-state index contributed by atoms with van der Waals surface area (Å²) in [5.74, 6) is -0.903. The standard InChI is InChI=1S/C25H24F3NO5S/c1-3-4-17-18-7-6-16(25(26,27)28)13-23(18)35(32,33)22(17)9-8-20-19-11-14(2)15(5-10-24(30)31)12-21(19)34-29-20/h6-7,11-13H,3-5,8-10H2,1-2H3,(H,30,31). The SMILES string of the molecule is CCCC1=C(CCc2noc3cc(CCC(=O)O)c(C)cc23)S(=O)(=O)c2cc(C(F)(F)F)ccc21. The molecule has 1 aliphatic heterocycles. The van der Waals surface area contributed by atoms with Crippen molar-refractivity contribution in [3.05, 3.63) is 63.2 Å². The number of aryl methyl sites for hydroxylation is 3. The second-order valence-electron chi connectivity index (χ2n) is 8.66. The predicted octanol–water partition coefficient (Wildman–Crippen LogP) is 6.10. The number of rotatable bonds is 8. The number of benzene rings is 2. The van der Waals surface area contributed by atoms with Crippen LogP contribution >= 0.6 is 0 Å². The number of nitrogens with zero attached hydrogens (tertiary/aromatic N) is 1. The van der Waals surface area contributed by atoms with Crippen LogP contribution in [-0.2, 0) is 33.6 Å². The van der Waals surface area contributed by atoms with Gasteiger partial charge in [-0.1, -0.05) is 24.6 Å². The molecule has 0 bridgehead atoms. The van der Waals surface area contributed by atoms with Gasteiger partial charge in [0.2, 0.25) is 9.84 Å². The third-order valence-electron chi connectivity index (χ3n) is 6.28. The van der Waals surface area contributed by atoms with E-state index in [0.717, 1.165) is 23.3 Å². The van der Waals surface area contributed by atoms with E-state index >= 15 is 0 Å². The van der Waals surface area contributed by atoms with Crippen molar-refractivity contribution in [1.29, 1.82) is 0 Å². The minimum Gasteiger partial charge on any atom is -0.481 e. The van der Waals surface area contributed by atoms with Gasteiger partial charge in [-0.2, -0.15) is 13.2 Å². The Labute approximate surface area is 200 Å².